The second kappa shape index (κ2) is 71.1. The van der Waals surface area contributed by atoms with Crippen LogP contribution < -0.4 is 0 Å². The molecule has 83 heavy (non-hydrogen) atoms. The number of unbranched alkanes of at least 4 members (excludes halogenated alkanes) is 41. The lowest BCUT2D eigenvalue weighted by Gasteiger charge is -2.18. The fraction of sp³-hybridized carbons (Fsp3) is 0.779. The first-order valence-electron chi connectivity index (χ1n) is 36.1. The smallest absolute Gasteiger partial charge is 0.306 e. The third kappa shape index (κ3) is 69.3. The van der Waals surface area contributed by atoms with Crippen LogP contribution in [0.1, 0.15) is 367 Å². The van der Waals surface area contributed by atoms with E-state index >= 15 is 0 Å². The maximum absolute atomic E-state index is 13.0. The van der Waals surface area contributed by atoms with Crippen LogP contribution in [-0.2, 0) is 28.6 Å². The molecule has 480 valence electrons. The predicted molar refractivity (Wildman–Crippen MR) is 362 cm³/mol. The van der Waals surface area contributed by atoms with Gasteiger partial charge in [0.2, 0.25) is 0 Å². The summed E-state index contributed by atoms with van der Waals surface area (Å²) in [6.07, 6.45) is 94.6. The molecule has 0 fully saturated rings. The van der Waals surface area contributed by atoms with Crippen LogP contribution in [0.25, 0.3) is 0 Å². The highest BCUT2D eigenvalue weighted by Gasteiger charge is 2.19. The van der Waals surface area contributed by atoms with E-state index in [1.54, 1.807) is 0 Å². The van der Waals surface area contributed by atoms with E-state index in [9.17, 15) is 14.4 Å². The molecule has 0 heterocycles. The molecule has 0 amide bonds. The lowest BCUT2D eigenvalue weighted by molar-refractivity contribution is -0.167. The van der Waals surface area contributed by atoms with Crippen molar-refractivity contribution in [2.24, 2.45) is 0 Å². The molecule has 0 bridgehead atoms. The van der Waals surface area contributed by atoms with Crippen molar-refractivity contribution in [1.29, 1.82) is 0 Å². The van der Waals surface area contributed by atoms with E-state index in [-0.39, 0.29) is 31.1 Å². The second-order valence-corrected chi connectivity index (χ2v) is 24.1. The summed E-state index contributed by atoms with van der Waals surface area (Å²) in [5, 5.41) is 0. The van der Waals surface area contributed by atoms with Crippen LogP contribution in [0.5, 0.6) is 0 Å². The van der Waals surface area contributed by atoms with E-state index in [0.717, 1.165) is 96.3 Å². The van der Waals surface area contributed by atoms with Crippen LogP contribution in [-0.4, -0.2) is 37.2 Å². The fourth-order valence-corrected chi connectivity index (χ4v) is 10.5. The highest BCUT2D eigenvalue weighted by Crippen LogP contribution is 2.18. The summed E-state index contributed by atoms with van der Waals surface area (Å²) in [7, 11) is 0. The largest absolute Gasteiger partial charge is 0.462 e. The average Bonchev–Trinajstić information content (AvgIpc) is 3.49. The normalized spacial score (nSPS) is 12.6. The lowest BCUT2D eigenvalue weighted by atomic mass is 10.0. The molecule has 6 nitrogen and oxygen atoms in total. The molecule has 6 heteroatoms. The van der Waals surface area contributed by atoms with Crippen LogP contribution in [0.3, 0.4) is 0 Å². The molecule has 0 rings (SSSR count). The molecular weight excluding hydrogens is 1020 g/mol. The first-order chi connectivity index (χ1) is 41.0. The summed E-state index contributed by atoms with van der Waals surface area (Å²) < 4.78 is 17.0. The molecule has 0 aromatic carbocycles. The number of esters is 3. The van der Waals surface area contributed by atoms with Crippen molar-refractivity contribution in [2.75, 3.05) is 13.2 Å². The first-order valence-corrected chi connectivity index (χ1v) is 36.1. The van der Waals surface area contributed by atoms with Crippen molar-refractivity contribution >= 4 is 17.9 Å². The van der Waals surface area contributed by atoms with Crippen molar-refractivity contribution in [2.45, 2.75) is 374 Å². The Morgan fingerprint density at radius 1 is 0.253 bits per heavy atom. The number of hydrogen-bond acceptors (Lipinski definition) is 6. The van der Waals surface area contributed by atoms with Crippen LogP contribution in [0.15, 0.2) is 85.1 Å². The van der Waals surface area contributed by atoms with E-state index in [1.807, 2.05) is 0 Å². The third-order valence-corrected chi connectivity index (χ3v) is 15.9. The summed E-state index contributed by atoms with van der Waals surface area (Å²) in [6.45, 7) is 6.57. The summed E-state index contributed by atoms with van der Waals surface area (Å²) in [4.78, 5) is 38.5. The third-order valence-electron chi connectivity index (χ3n) is 15.9. The van der Waals surface area contributed by atoms with Crippen LogP contribution in [0, 0.1) is 0 Å². The zero-order chi connectivity index (χ0) is 59.9. The van der Waals surface area contributed by atoms with Crippen LogP contribution >= 0.6 is 0 Å². The van der Waals surface area contributed by atoms with E-state index in [4.69, 9.17) is 14.2 Å². The summed E-state index contributed by atoms with van der Waals surface area (Å²) in [6, 6.07) is 0. The van der Waals surface area contributed by atoms with E-state index in [2.05, 4.69) is 106 Å². The van der Waals surface area contributed by atoms with Gasteiger partial charge in [-0.05, 0) is 96.3 Å². The Bertz CT molecular complexity index is 1570. The topological polar surface area (TPSA) is 78.9 Å². The van der Waals surface area contributed by atoms with E-state index in [0.29, 0.717) is 19.3 Å². The predicted octanol–water partition coefficient (Wildman–Crippen LogP) is 25.0. The number of allylic oxidation sites excluding steroid dienone is 14. The summed E-state index contributed by atoms with van der Waals surface area (Å²) in [5.74, 6) is -0.861. The quantitative estimate of drug-likeness (QED) is 0.0261. The van der Waals surface area contributed by atoms with Gasteiger partial charge in [-0.3, -0.25) is 14.4 Å². The molecule has 0 aliphatic carbocycles. The number of rotatable bonds is 66. The zero-order valence-corrected chi connectivity index (χ0v) is 55.2. The number of carbonyl (C=O) groups excluding carboxylic acids is 3. The Balaban J connectivity index is 4.31. The first kappa shape index (κ1) is 79.6. The molecule has 1 atom stereocenters. The monoisotopic (exact) mass is 1160 g/mol. The van der Waals surface area contributed by atoms with Gasteiger partial charge in [0.05, 0.1) is 0 Å². The Labute approximate surface area is 515 Å². The standard InChI is InChI=1S/C77H136O6/c1-4-7-10-13-16-19-22-25-28-31-33-34-35-36-37-38-39-40-41-42-44-46-49-52-55-58-61-64-67-70-76(79)82-73-74(72-81-75(78)69-66-63-60-57-54-51-48-45-30-27-24-21-18-15-12-9-6-3)83-77(80)71-68-65-62-59-56-53-50-47-43-32-29-26-23-20-17-14-11-8-5-2/h7,10,16,19,25,27-28,30,33-34,36-37,39-40,74H,4-6,8-9,11-15,17-18,20-24,26,29,31-32,35,38,41-73H2,1-3H3/b10-7-,19-16-,28-25-,30-27-,34-33-,37-36-,40-39-. The second-order valence-electron chi connectivity index (χ2n) is 24.1. The van der Waals surface area contributed by atoms with Gasteiger partial charge in [0.15, 0.2) is 6.10 Å². The van der Waals surface area contributed by atoms with Gasteiger partial charge in [-0.25, -0.2) is 0 Å². The molecule has 0 aliphatic rings. The SMILES string of the molecule is CC/C=C\C/C=C\C/C=C\C/C=C\C/C=C\C/C=C\CCCCCCCCCCCCC(=O)OCC(COC(=O)CCCCCCCCC/C=C\CCCCCCCC)OC(=O)CCCCCCCCCCCCCCCCCCCCC. The van der Waals surface area contributed by atoms with Gasteiger partial charge >= 0.3 is 17.9 Å². The molecule has 0 aliphatic heterocycles. The average molecular weight is 1160 g/mol. The van der Waals surface area contributed by atoms with Crippen LogP contribution in [0.4, 0.5) is 0 Å². The zero-order valence-electron chi connectivity index (χ0n) is 55.2. The van der Waals surface area contributed by atoms with Gasteiger partial charge in [-0.15, -0.1) is 0 Å². The molecule has 1 unspecified atom stereocenters. The van der Waals surface area contributed by atoms with E-state index < -0.39 is 6.10 Å². The van der Waals surface area contributed by atoms with Crippen molar-refractivity contribution < 1.29 is 28.6 Å². The van der Waals surface area contributed by atoms with Gasteiger partial charge in [0, 0.05) is 19.3 Å². The summed E-state index contributed by atoms with van der Waals surface area (Å²) >= 11 is 0. The highest BCUT2D eigenvalue weighted by atomic mass is 16.6. The van der Waals surface area contributed by atoms with Crippen molar-refractivity contribution in [3.63, 3.8) is 0 Å². The molecule has 0 radical (unpaired) electrons. The Kier molecular flexibility index (Phi) is 68.2. The maximum Gasteiger partial charge on any atom is 0.306 e. The summed E-state index contributed by atoms with van der Waals surface area (Å²) in [5.41, 5.74) is 0. The van der Waals surface area contributed by atoms with E-state index in [1.165, 1.54) is 231 Å². The minimum Gasteiger partial charge on any atom is -0.462 e. The van der Waals surface area contributed by atoms with Gasteiger partial charge in [-0.2, -0.15) is 0 Å². The maximum atomic E-state index is 13.0. The van der Waals surface area contributed by atoms with Gasteiger partial charge < -0.3 is 14.2 Å². The molecule has 0 spiro atoms. The van der Waals surface area contributed by atoms with Gasteiger partial charge in [-0.1, -0.05) is 337 Å². The molecular formula is C77H136O6. The molecule has 0 aromatic rings. The number of ether oxygens (including phenoxy) is 3. The minimum atomic E-state index is -0.780. The number of carbonyl (C=O) groups is 3. The van der Waals surface area contributed by atoms with Crippen molar-refractivity contribution in [1.82, 2.24) is 0 Å². The molecule has 0 saturated heterocycles. The molecule has 0 aromatic heterocycles. The van der Waals surface area contributed by atoms with Crippen molar-refractivity contribution in [3.05, 3.63) is 85.1 Å². The number of hydrogen-bond donors (Lipinski definition) is 0. The van der Waals surface area contributed by atoms with Crippen molar-refractivity contribution in [3.8, 4) is 0 Å². The van der Waals surface area contributed by atoms with Gasteiger partial charge in [0.1, 0.15) is 13.2 Å². The Morgan fingerprint density at radius 2 is 0.470 bits per heavy atom. The highest BCUT2D eigenvalue weighted by molar-refractivity contribution is 5.71. The van der Waals surface area contributed by atoms with Crippen LogP contribution in [0.2, 0.25) is 0 Å². The lowest BCUT2D eigenvalue weighted by Crippen LogP contribution is -2.30. The Morgan fingerprint density at radius 3 is 0.747 bits per heavy atom. The Hall–Kier alpha value is -3.41. The fourth-order valence-electron chi connectivity index (χ4n) is 10.5. The van der Waals surface area contributed by atoms with Gasteiger partial charge in [0.25, 0.3) is 0 Å². The molecule has 0 N–H and O–H groups in total. The minimum absolute atomic E-state index is 0.0755. The molecule has 0 saturated carbocycles.